The highest BCUT2D eigenvalue weighted by atomic mass is 79.9. The van der Waals surface area contributed by atoms with Crippen LogP contribution in [0.1, 0.15) is 0 Å². The van der Waals surface area contributed by atoms with Gasteiger partial charge in [0.25, 0.3) is 15.9 Å². The van der Waals surface area contributed by atoms with Gasteiger partial charge in [0.2, 0.25) is 0 Å². The highest BCUT2D eigenvalue weighted by Gasteiger charge is 2.15. The van der Waals surface area contributed by atoms with E-state index in [0.29, 0.717) is 17.1 Å². The lowest BCUT2D eigenvalue weighted by Crippen LogP contribution is -2.20. The highest BCUT2D eigenvalue weighted by Crippen LogP contribution is 2.33. The summed E-state index contributed by atoms with van der Waals surface area (Å²) >= 11 is 4.87. The third kappa shape index (κ3) is 7.11. The Balaban J connectivity index is 1.34. The minimum atomic E-state index is -3.75. The fourth-order valence-electron chi connectivity index (χ4n) is 3.06. The summed E-state index contributed by atoms with van der Waals surface area (Å²) in [6, 6.07) is 30.1. The molecule has 0 radical (unpaired) electrons. The van der Waals surface area contributed by atoms with Gasteiger partial charge < -0.3 is 10.1 Å². The number of carbonyl (C=O) groups excluding carboxylic acids is 1. The van der Waals surface area contributed by atoms with Crippen LogP contribution < -0.4 is 14.8 Å². The standard InChI is InChI=1S/C26H21BrN2O4S2/c27-19-10-12-20(13-11-19)29-35(31,32)23-16-14-21(15-17-23)33-18-26(30)28-24-8-4-5-9-25(24)34-22-6-2-1-3-7-22/h1-17,29H,18H2,(H,28,30). The van der Waals surface area contributed by atoms with Crippen molar-refractivity contribution in [3.8, 4) is 5.75 Å². The molecule has 0 aliphatic rings. The molecule has 2 N–H and O–H groups in total. The van der Waals surface area contributed by atoms with E-state index in [1.807, 2.05) is 54.6 Å². The molecule has 35 heavy (non-hydrogen) atoms. The van der Waals surface area contributed by atoms with Gasteiger partial charge in [-0.3, -0.25) is 9.52 Å². The number of nitrogens with one attached hydrogen (secondary N) is 2. The average Bonchev–Trinajstić information content (AvgIpc) is 2.86. The SMILES string of the molecule is O=C(COc1ccc(S(=O)(=O)Nc2ccc(Br)cc2)cc1)Nc1ccccc1Sc1ccccc1. The van der Waals surface area contributed by atoms with Gasteiger partial charge >= 0.3 is 0 Å². The third-order valence-corrected chi connectivity index (χ3v) is 7.74. The zero-order valence-electron chi connectivity index (χ0n) is 18.3. The first-order chi connectivity index (χ1) is 16.9. The fraction of sp³-hybridized carbons (Fsp3) is 0.0385. The van der Waals surface area contributed by atoms with Crippen LogP contribution in [-0.2, 0) is 14.8 Å². The topological polar surface area (TPSA) is 84.5 Å². The molecule has 9 heteroatoms. The van der Waals surface area contributed by atoms with Crippen LogP contribution in [0.4, 0.5) is 11.4 Å². The van der Waals surface area contributed by atoms with Crippen molar-refractivity contribution >= 4 is 55.0 Å². The van der Waals surface area contributed by atoms with Crippen LogP contribution in [0.15, 0.2) is 122 Å². The summed E-state index contributed by atoms with van der Waals surface area (Å²) in [4.78, 5) is 14.6. The molecule has 0 saturated heterocycles. The zero-order chi connectivity index (χ0) is 24.7. The Bertz CT molecular complexity index is 1400. The number of anilines is 2. The second kappa shape index (κ2) is 11.4. The van der Waals surface area contributed by atoms with Crippen molar-refractivity contribution in [3.63, 3.8) is 0 Å². The number of para-hydroxylation sites is 1. The van der Waals surface area contributed by atoms with Crippen molar-refractivity contribution in [2.75, 3.05) is 16.6 Å². The van der Waals surface area contributed by atoms with Gasteiger partial charge in [-0.25, -0.2) is 8.42 Å². The lowest BCUT2D eigenvalue weighted by molar-refractivity contribution is -0.118. The monoisotopic (exact) mass is 568 g/mol. The molecule has 178 valence electrons. The van der Waals surface area contributed by atoms with Crippen molar-refractivity contribution in [1.29, 1.82) is 0 Å². The van der Waals surface area contributed by atoms with Crippen LogP contribution in [-0.4, -0.2) is 20.9 Å². The molecule has 4 aromatic rings. The first kappa shape index (κ1) is 24.8. The fourth-order valence-corrected chi connectivity index (χ4v) is 5.30. The molecule has 0 fully saturated rings. The Morgan fingerprint density at radius 1 is 0.829 bits per heavy atom. The minimum Gasteiger partial charge on any atom is -0.484 e. The van der Waals surface area contributed by atoms with E-state index in [2.05, 4.69) is 26.0 Å². The van der Waals surface area contributed by atoms with Crippen molar-refractivity contribution in [2.24, 2.45) is 0 Å². The summed E-state index contributed by atoms with van der Waals surface area (Å²) in [5.41, 5.74) is 1.14. The Labute approximate surface area is 216 Å². The van der Waals surface area contributed by atoms with Gasteiger partial charge in [0.05, 0.1) is 10.6 Å². The van der Waals surface area contributed by atoms with Gasteiger partial charge in [-0.2, -0.15) is 0 Å². The molecular formula is C26H21BrN2O4S2. The molecule has 4 aromatic carbocycles. The van der Waals surface area contributed by atoms with E-state index in [4.69, 9.17) is 4.74 Å². The molecule has 0 unspecified atom stereocenters. The number of rotatable bonds is 9. The quantitative estimate of drug-likeness (QED) is 0.243. The lowest BCUT2D eigenvalue weighted by atomic mass is 10.3. The van der Waals surface area contributed by atoms with Gasteiger partial charge in [-0.15, -0.1) is 0 Å². The van der Waals surface area contributed by atoms with E-state index in [0.717, 1.165) is 14.3 Å². The van der Waals surface area contributed by atoms with E-state index in [-0.39, 0.29) is 17.4 Å². The summed E-state index contributed by atoms with van der Waals surface area (Å²) in [6.45, 7) is -0.215. The van der Waals surface area contributed by atoms with E-state index < -0.39 is 10.0 Å². The number of amides is 1. The maximum absolute atomic E-state index is 12.6. The molecule has 0 heterocycles. The van der Waals surface area contributed by atoms with Gasteiger partial charge in [0.1, 0.15) is 5.75 Å². The predicted octanol–water partition coefficient (Wildman–Crippen LogP) is 6.42. The number of ether oxygens (including phenoxy) is 1. The van der Waals surface area contributed by atoms with E-state index in [1.54, 1.807) is 36.0 Å². The number of hydrogen-bond donors (Lipinski definition) is 2. The van der Waals surface area contributed by atoms with Crippen LogP contribution in [0.5, 0.6) is 5.75 Å². The van der Waals surface area contributed by atoms with Gasteiger partial charge in [-0.1, -0.05) is 58.0 Å². The molecular weight excluding hydrogens is 548 g/mol. The summed E-state index contributed by atoms with van der Waals surface area (Å²) in [5, 5.41) is 2.87. The van der Waals surface area contributed by atoms with Crippen molar-refractivity contribution in [1.82, 2.24) is 0 Å². The van der Waals surface area contributed by atoms with Gasteiger partial charge in [0.15, 0.2) is 6.61 Å². The molecule has 0 saturated carbocycles. The first-order valence-electron chi connectivity index (χ1n) is 10.5. The number of carbonyl (C=O) groups is 1. The molecule has 0 aliphatic heterocycles. The highest BCUT2D eigenvalue weighted by molar-refractivity contribution is 9.10. The average molecular weight is 570 g/mol. The first-order valence-corrected chi connectivity index (χ1v) is 13.6. The molecule has 0 spiro atoms. The molecule has 0 aliphatic carbocycles. The Morgan fingerprint density at radius 3 is 2.20 bits per heavy atom. The molecule has 1 amide bonds. The second-order valence-corrected chi connectivity index (χ2v) is 11.0. The van der Waals surface area contributed by atoms with Crippen LogP contribution >= 0.6 is 27.7 Å². The maximum atomic E-state index is 12.6. The van der Waals surface area contributed by atoms with Crippen LogP contribution in [0.2, 0.25) is 0 Å². The number of hydrogen-bond acceptors (Lipinski definition) is 5. The summed E-state index contributed by atoms with van der Waals surface area (Å²) in [6.07, 6.45) is 0. The van der Waals surface area contributed by atoms with E-state index >= 15 is 0 Å². The third-order valence-electron chi connectivity index (χ3n) is 4.73. The number of halogens is 1. The van der Waals surface area contributed by atoms with Gasteiger partial charge in [-0.05, 0) is 72.8 Å². The van der Waals surface area contributed by atoms with Crippen LogP contribution in [0.25, 0.3) is 0 Å². The van der Waals surface area contributed by atoms with Crippen LogP contribution in [0.3, 0.4) is 0 Å². The largest absolute Gasteiger partial charge is 0.484 e. The van der Waals surface area contributed by atoms with Crippen molar-refractivity contribution in [3.05, 3.63) is 108 Å². The summed E-state index contributed by atoms with van der Waals surface area (Å²) in [5.74, 6) is 0.0643. The molecule has 4 rings (SSSR count). The summed E-state index contributed by atoms with van der Waals surface area (Å²) in [7, 11) is -3.75. The second-order valence-electron chi connectivity index (χ2n) is 7.33. The molecule has 0 bridgehead atoms. The van der Waals surface area contributed by atoms with E-state index in [1.165, 1.54) is 24.3 Å². The summed E-state index contributed by atoms with van der Waals surface area (Å²) < 4.78 is 34.1. The lowest BCUT2D eigenvalue weighted by Gasteiger charge is -2.12. The number of sulfonamides is 1. The number of benzene rings is 4. The minimum absolute atomic E-state index is 0.0871. The predicted molar refractivity (Wildman–Crippen MR) is 143 cm³/mol. The normalized spacial score (nSPS) is 11.0. The zero-order valence-corrected chi connectivity index (χ0v) is 21.6. The molecule has 0 aromatic heterocycles. The van der Waals surface area contributed by atoms with Gasteiger partial charge in [0, 0.05) is 20.0 Å². The van der Waals surface area contributed by atoms with Crippen molar-refractivity contribution in [2.45, 2.75) is 14.7 Å². The Morgan fingerprint density at radius 2 is 1.49 bits per heavy atom. The Kier molecular flexibility index (Phi) is 8.12. The van der Waals surface area contributed by atoms with Crippen LogP contribution in [0, 0.1) is 0 Å². The van der Waals surface area contributed by atoms with E-state index in [9.17, 15) is 13.2 Å². The smallest absolute Gasteiger partial charge is 0.262 e. The maximum Gasteiger partial charge on any atom is 0.262 e. The van der Waals surface area contributed by atoms with Crippen molar-refractivity contribution < 1.29 is 17.9 Å². The molecule has 0 atom stereocenters. The molecule has 6 nitrogen and oxygen atoms in total. The Hall–Kier alpha value is -3.27.